The van der Waals surface area contributed by atoms with Gasteiger partial charge in [0, 0.05) is 0 Å². The summed E-state index contributed by atoms with van der Waals surface area (Å²) in [6, 6.07) is 13.9. The fourth-order valence-corrected chi connectivity index (χ4v) is 3.17. The lowest BCUT2D eigenvalue weighted by molar-refractivity contribution is -0.115. The van der Waals surface area contributed by atoms with E-state index in [0.29, 0.717) is 11.6 Å². The number of benzene rings is 2. The van der Waals surface area contributed by atoms with Crippen molar-refractivity contribution in [2.45, 2.75) is 20.3 Å². The minimum Gasteiger partial charge on any atom is -0.302 e. The lowest BCUT2D eigenvalue weighted by Crippen LogP contribution is -2.14. The van der Waals surface area contributed by atoms with Gasteiger partial charge in [0.25, 0.3) is 0 Å². The Kier molecular flexibility index (Phi) is 3.71. The predicted octanol–water partition coefficient (Wildman–Crippen LogP) is 4.09. The van der Waals surface area contributed by atoms with Crippen molar-refractivity contribution in [2.24, 2.45) is 0 Å². The first-order valence-electron chi connectivity index (χ1n) is 6.84. The van der Waals surface area contributed by atoms with Crippen molar-refractivity contribution in [1.29, 1.82) is 0 Å². The standard InChI is InChI=1S/C17H16N2OS/c1-11-8-9-14-16(12(11)2)19-17(21-14)18-15(20)10-13-6-4-3-5-7-13/h3-9H,10H2,1-2H3,(H,18,19,20). The zero-order valence-corrected chi connectivity index (χ0v) is 12.8. The Bertz CT molecular complexity index is 793. The van der Waals surface area contributed by atoms with E-state index in [-0.39, 0.29) is 5.91 Å². The molecule has 21 heavy (non-hydrogen) atoms. The Morgan fingerprint density at radius 3 is 2.67 bits per heavy atom. The van der Waals surface area contributed by atoms with E-state index in [0.717, 1.165) is 15.8 Å². The van der Waals surface area contributed by atoms with Crippen LogP contribution in [0.2, 0.25) is 0 Å². The van der Waals surface area contributed by atoms with E-state index in [9.17, 15) is 4.79 Å². The highest BCUT2D eigenvalue weighted by Gasteiger charge is 2.10. The molecule has 0 bridgehead atoms. The molecule has 0 saturated heterocycles. The van der Waals surface area contributed by atoms with Crippen LogP contribution in [0.4, 0.5) is 5.13 Å². The molecule has 1 N–H and O–H groups in total. The predicted molar refractivity (Wildman–Crippen MR) is 87.9 cm³/mol. The molecule has 3 aromatic rings. The Morgan fingerprint density at radius 2 is 1.90 bits per heavy atom. The number of carbonyl (C=O) groups excluding carboxylic acids is 1. The van der Waals surface area contributed by atoms with Crippen LogP contribution in [0.5, 0.6) is 0 Å². The van der Waals surface area contributed by atoms with E-state index < -0.39 is 0 Å². The lowest BCUT2D eigenvalue weighted by Gasteiger charge is -2.01. The van der Waals surface area contributed by atoms with Gasteiger partial charge in [-0.25, -0.2) is 4.98 Å². The summed E-state index contributed by atoms with van der Waals surface area (Å²) in [5.74, 6) is -0.0327. The van der Waals surface area contributed by atoms with Gasteiger partial charge in [0.05, 0.1) is 16.6 Å². The Hall–Kier alpha value is -2.20. The minimum atomic E-state index is -0.0327. The van der Waals surface area contributed by atoms with Crippen LogP contribution in [0.1, 0.15) is 16.7 Å². The average Bonchev–Trinajstić information content (AvgIpc) is 2.87. The molecule has 3 nitrogen and oxygen atoms in total. The molecule has 0 atom stereocenters. The number of fused-ring (bicyclic) bond motifs is 1. The topological polar surface area (TPSA) is 42.0 Å². The third kappa shape index (κ3) is 2.95. The average molecular weight is 296 g/mol. The van der Waals surface area contributed by atoms with Gasteiger partial charge in [0.2, 0.25) is 5.91 Å². The molecule has 106 valence electrons. The maximum atomic E-state index is 12.1. The van der Waals surface area contributed by atoms with Crippen LogP contribution >= 0.6 is 11.3 Å². The van der Waals surface area contributed by atoms with Gasteiger partial charge < -0.3 is 5.32 Å². The van der Waals surface area contributed by atoms with E-state index in [1.165, 1.54) is 22.5 Å². The molecule has 1 heterocycles. The van der Waals surface area contributed by atoms with Crippen LogP contribution in [0, 0.1) is 13.8 Å². The molecule has 0 unspecified atom stereocenters. The van der Waals surface area contributed by atoms with Gasteiger partial charge >= 0.3 is 0 Å². The van der Waals surface area contributed by atoms with Gasteiger partial charge in [-0.1, -0.05) is 47.7 Å². The largest absolute Gasteiger partial charge is 0.302 e. The molecule has 1 amide bonds. The van der Waals surface area contributed by atoms with Gasteiger partial charge in [-0.2, -0.15) is 0 Å². The highest BCUT2D eigenvalue weighted by Crippen LogP contribution is 2.29. The van der Waals surface area contributed by atoms with Gasteiger partial charge in [-0.15, -0.1) is 0 Å². The SMILES string of the molecule is Cc1ccc2sc(NC(=O)Cc3ccccc3)nc2c1C. The van der Waals surface area contributed by atoms with Crippen LogP contribution in [-0.4, -0.2) is 10.9 Å². The number of hydrogen-bond donors (Lipinski definition) is 1. The van der Waals surface area contributed by atoms with Crippen LogP contribution < -0.4 is 5.32 Å². The van der Waals surface area contributed by atoms with Gasteiger partial charge in [-0.05, 0) is 36.6 Å². The number of thiazole rings is 1. The summed E-state index contributed by atoms with van der Waals surface area (Å²) < 4.78 is 1.10. The molecule has 0 fully saturated rings. The summed E-state index contributed by atoms with van der Waals surface area (Å²) >= 11 is 1.52. The second-order valence-corrected chi connectivity index (χ2v) is 6.11. The number of hydrogen-bond acceptors (Lipinski definition) is 3. The molecule has 1 aromatic heterocycles. The van der Waals surface area contributed by atoms with Crippen molar-refractivity contribution in [3.05, 3.63) is 59.2 Å². The van der Waals surface area contributed by atoms with Gasteiger partial charge in [-0.3, -0.25) is 4.79 Å². The fourth-order valence-electron chi connectivity index (χ4n) is 2.22. The molecule has 4 heteroatoms. The zero-order valence-electron chi connectivity index (χ0n) is 12.0. The number of aromatic nitrogens is 1. The van der Waals surface area contributed by atoms with Crippen LogP contribution in [0.15, 0.2) is 42.5 Å². The summed E-state index contributed by atoms with van der Waals surface area (Å²) in [6.45, 7) is 4.13. The van der Waals surface area contributed by atoms with Crippen molar-refractivity contribution in [1.82, 2.24) is 4.98 Å². The molecule has 2 aromatic carbocycles. The third-order valence-electron chi connectivity index (χ3n) is 3.54. The fraction of sp³-hybridized carbons (Fsp3) is 0.176. The number of rotatable bonds is 3. The van der Waals surface area contributed by atoms with Gasteiger partial charge in [0.15, 0.2) is 5.13 Å². The number of carbonyl (C=O) groups is 1. The third-order valence-corrected chi connectivity index (χ3v) is 4.47. The molecular formula is C17H16N2OS. The number of nitrogens with one attached hydrogen (secondary N) is 1. The lowest BCUT2D eigenvalue weighted by atomic mass is 10.1. The first-order chi connectivity index (χ1) is 10.1. The molecule has 0 saturated carbocycles. The van der Waals surface area contributed by atoms with Crippen molar-refractivity contribution >= 4 is 32.6 Å². The summed E-state index contributed by atoms with van der Waals surface area (Å²) in [4.78, 5) is 16.6. The van der Waals surface area contributed by atoms with E-state index in [4.69, 9.17) is 0 Å². The molecule has 0 spiro atoms. The van der Waals surface area contributed by atoms with Crippen molar-refractivity contribution < 1.29 is 4.79 Å². The van der Waals surface area contributed by atoms with Gasteiger partial charge in [0.1, 0.15) is 0 Å². The zero-order chi connectivity index (χ0) is 14.8. The Morgan fingerprint density at radius 1 is 1.14 bits per heavy atom. The maximum absolute atomic E-state index is 12.1. The van der Waals surface area contributed by atoms with E-state index >= 15 is 0 Å². The van der Waals surface area contributed by atoms with Crippen molar-refractivity contribution in [3.8, 4) is 0 Å². The van der Waals surface area contributed by atoms with Crippen molar-refractivity contribution in [2.75, 3.05) is 5.32 Å². The van der Waals surface area contributed by atoms with Crippen LogP contribution in [0.25, 0.3) is 10.2 Å². The number of amides is 1. The highest BCUT2D eigenvalue weighted by molar-refractivity contribution is 7.22. The second-order valence-electron chi connectivity index (χ2n) is 5.08. The molecule has 0 aliphatic heterocycles. The summed E-state index contributed by atoms with van der Waals surface area (Å²) in [6.07, 6.45) is 0.370. The number of anilines is 1. The van der Waals surface area contributed by atoms with E-state index in [1.54, 1.807) is 0 Å². The van der Waals surface area contributed by atoms with Crippen LogP contribution in [-0.2, 0) is 11.2 Å². The van der Waals surface area contributed by atoms with Crippen LogP contribution in [0.3, 0.4) is 0 Å². The summed E-state index contributed by atoms with van der Waals surface area (Å²) in [5.41, 5.74) is 4.38. The van der Waals surface area contributed by atoms with Crippen molar-refractivity contribution in [3.63, 3.8) is 0 Å². The first kappa shape index (κ1) is 13.8. The Labute approximate surface area is 127 Å². The molecule has 0 aliphatic carbocycles. The first-order valence-corrected chi connectivity index (χ1v) is 7.65. The Balaban J connectivity index is 1.79. The minimum absolute atomic E-state index is 0.0327. The maximum Gasteiger partial charge on any atom is 0.230 e. The summed E-state index contributed by atoms with van der Waals surface area (Å²) in [5, 5.41) is 3.56. The molecule has 0 radical (unpaired) electrons. The molecular weight excluding hydrogens is 280 g/mol. The monoisotopic (exact) mass is 296 g/mol. The number of aryl methyl sites for hydroxylation is 2. The van der Waals surface area contributed by atoms with E-state index in [1.807, 2.05) is 30.3 Å². The highest BCUT2D eigenvalue weighted by atomic mass is 32.1. The van der Waals surface area contributed by atoms with E-state index in [2.05, 4.69) is 36.3 Å². The summed E-state index contributed by atoms with van der Waals surface area (Å²) in [7, 11) is 0. The quantitative estimate of drug-likeness (QED) is 0.791. The molecule has 0 aliphatic rings. The molecule has 3 rings (SSSR count). The second kappa shape index (κ2) is 5.66. The normalized spacial score (nSPS) is 10.8. The number of nitrogens with zero attached hydrogens (tertiary/aromatic N) is 1. The smallest absolute Gasteiger partial charge is 0.230 e.